The minimum Gasteiger partial charge on any atom is -0.497 e. The second kappa shape index (κ2) is 13.3. The SMILES string of the molecule is COc1cccc(N(c2cccc3c2c2ccccc2n3-c2ccc3sc4ccccc4c3c2)c2cccc3c2c2ccccc2n3-c2ccc3sc4ccccc4c3c2)c1. The Morgan fingerprint density at radius 2 is 0.820 bits per heavy atom. The molecule has 0 saturated carbocycles. The van der Waals surface area contributed by atoms with Crippen molar-refractivity contribution in [3.8, 4) is 17.1 Å². The van der Waals surface area contributed by atoms with Crippen LogP contribution >= 0.6 is 22.7 Å². The van der Waals surface area contributed by atoms with Gasteiger partial charge in [0.2, 0.25) is 0 Å². The molecule has 9 aromatic carbocycles. The Labute approximate surface area is 358 Å². The second-order valence-electron chi connectivity index (χ2n) is 15.6. The van der Waals surface area contributed by atoms with E-state index in [4.69, 9.17) is 4.74 Å². The van der Waals surface area contributed by atoms with Crippen LogP contribution < -0.4 is 9.64 Å². The largest absolute Gasteiger partial charge is 0.497 e. The van der Waals surface area contributed by atoms with Gasteiger partial charge in [-0.05, 0) is 97.1 Å². The van der Waals surface area contributed by atoms with Gasteiger partial charge in [0.05, 0.1) is 40.6 Å². The molecule has 0 N–H and O–H groups in total. The van der Waals surface area contributed by atoms with Crippen LogP contribution in [0.25, 0.3) is 95.3 Å². The number of anilines is 3. The lowest BCUT2D eigenvalue weighted by atomic mass is 10.1. The molecule has 0 atom stereocenters. The number of nitrogens with zero attached hydrogens (tertiary/aromatic N) is 3. The van der Waals surface area contributed by atoms with Gasteiger partial charge in [0, 0.05) is 85.0 Å². The molecule has 0 aliphatic heterocycles. The Hall–Kier alpha value is -7.38. The van der Waals surface area contributed by atoms with Gasteiger partial charge in [0.1, 0.15) is 5.75 Å². The fourth-order valence-corrected chi connectivity index (χ4v) is 12.0. The molecule has 288 valence electrons. The maximum absolute atomic E-state index is 5.90. The lowest BCUT2D eigenvalue weighted by Crippen LogP contribution is -2.11. The van der Waals surface area contributed by atoms with E-state index in [1.807, 2.05) is 28.7 Å². The van der Waals surface area contributed by atoms with Gasteiger partial charge in [-0.3, -0.25) is 0 Å². The van der Waals surface area contributed by atoms with Gasteiger partial charge in [0.15, 0.2) is 0 Å². The monoisotopic (exact) mass is 817 g/mol. The van der Waals surface area contributed by atoms with Crippen LogP contribution in [-0.2, 0) is 0 Å². The lowest BCUT2D eigenvalue weighted by Gasteiger charge is -2.28. The Morgan fingerprint density at radius 1 is 0.377 bits per heavy atom. The molecular weight excluding hydrogens is 783 g/mol. The van der Waals surface area contributed by atoms with Crippen molar-refractivity contribution in [2.24, 2.45) is 0 Å². The Morgan fingerprint density at radius 3 is 1.34 bits per heavy atom. The molecule has 0 amide bonds. The number of fused-ring (bicyclic) bond motifs is 12. The Kier molecular flexibility index (Phi) is 7.53. The molecule has 13 rings (SSSR count). The zero-order chi connectivity index (χ0) is 40.2. The third kappa shape index (κ3) is 5.10. The average molecular weight is 818 g/mol. The van der Waals surface area contributed by atoms with Crippen molar-refractivity contribution in [3.63, 3.8) is 0 Å². The van der Waals surface area contributed by atoms with Gasteiger partial charge in [-0.15, -0.1) is 22.7 Å². The number of rotatable bonds is 6. The average Bonchev–Trinajstić information content (AvgIpc) is 4.07. The van der Waals surface area contributed by atoms with Crippen molar-refractivity contribution >= 4 is 124 Å². The summed E-state index contributed by atoms with van der Waals surface area (Å²) in [5.41, 5.74) is 10.1. The molecule has 4 heterocycles. The number of thiophene rings is 2. The number of benzene rings is 9. The molecular formula is C55H35N3OS2. The van der Waals surface area contributed by atoms with Crippen LogP contribution in [0.15, 0.2) is 194 Å². The second-order valence-corrected chi connectivity index (χ2v) is 17.8. The quantitative estimate of drug-likeness (QED) is 0.167. The van der Waals surface area contributed by atoms with E-state index in [0.717, 1.165) is 45.2 Å². The fraction of sp³-hybridized carbons (Fsp3) is 0.0182. The molecule has 4 aromatic heterocycles. The molecule has 4 nitrogen and oxygen atoms in total. The van der Waals surface area contributed by atoms with Gasteiger partial charge in [-0.1, -0.05) is 91.0 Å². The topological polar surface area (TPSA) is 22.3 Å². The van der Waals surface area contributed by atoms with E-state index in [1.165, 1.54) is 72.9 Å². The maximum Gasteiger partial charge on any atom is 0.120 e. The Balaban J connectivity index is 1.10. The third-order valence-corrected chi connectivity index (χ3v) is 14.7. The van der Waals surface area contributed by atoms with Gasteiger partial charge in [-0.2, -0.15) is 0 Å². The summed E-state index contributed by atoms with van der Waals surface area (Å²) in [6, 6.07) is 71.1. The minimum absolute atomic E-state index is 0.805. The smallest absolute Gasteiger partial charge is 0.120 e. The van der Waals surface area contributed by atoms with E-state index in [-0.39, 0.29) is 0 Å². The zero-order valence-corrected chi connectivity index (χ0v) is 34.7. The molecule has 0 spiro atoms. The minimum atomic E-state index is 0.805. The molecule has 13 aromatic rings. The van der Waals surface area contributed by atoms with Gasteiger partial charge in [0.25, 0.3) is 0 Å². The maximum atomic E-state index is 5.90. The number of para-hydroxylation sites is 2. The molecule has 0 bridgehead atoms. The summed E-state index contributed by atoms with van der Waals surface area (Å²) < 4.78 is 16.0. The highest BCUT2D eigenvalue weighted by molar-refractivity contribution is 7.26. The molecule has 0 radical (unpaired) electrons. The van der Waals surface area contributed by atoms with Gasteiger partial charge < -0.3 is 18.8 Å². The molecule has 0 unspecified atom stereocenters. The number of aromatic nitrogens is 2. The first-order valence-electron chi connectivity index (χ1n) is 20.5. The summed E-state index contributed by atoms with van der Waals surface area (Å²) in [6.07, 6.45) is 0. The van der Waals surface area contributed by atoms with E-state index in [9.17, 15) is 0 Å². The van der Waals surface area contributed by atoms with Crippen molar-refractivity contribution < 1.29 is 4.74 Å². The highest BCUT2D eigenvalue weighted by Crippen LogP contribution is 2.49. The van der Waals surface area contributed by atoms with Crippen LogP contribution in [0.4, 0.5) is 17.1 Å². The first kappa shape index (κ1) is 34.5. The van der Waals surface area contributed by atoms with Crippen molar-refractivity contribution in [3.05, 3.63) is 194 Å². The number of ether oxygens (including phenoxy) is 1. The first-order chi connectivity index (χ1) is 30.2. The standard InChI is InChI=1S/C55H35N3OS2/c1-59-37-14-10-13-34(31-37)58(48-23-11-21-46-54(48)40-17-2-6-19-44(40)56(46)35-27-29-52-42(32-35)38-15-4-8-25-50(38)60-52)49-24-12-22-47-55(49)41-18-3-7-20-45(41)57(47)36-28-30-53-43(33-36)39-16-5-9-26-51(39)61-53/h2-33H,1H3. The molecule has 0 aliphatic carbocycles. The van der Waals surface area contributed by atoms with Crippen LogP contribution in [0.2, 0.25) is 0 Å². The highest BCUT2D eigenvalue weighted by Gasteiger charge is 2.25. The predicted octanol–water partition coefficient (Wildman–Crippen LogP) is 16.1. The third-order valence-electron chi connectivity index (χ3n) is 12.4. The summed E-state index contributed by atoms with van der Waals surface area (Å²) in [5.74, 6) is 0.805. The molecule has 61 heavy (non-hydrogen) atoms. The molecule has 0 aliphatic rings. The summed E-state index contributed by atoms with van der Waals surface area (Å²) >= 11 is 3.71. The molecule has 6 heteroatoms. The number of hydrogen-bond donors (Lipinski definition) is 0. The number of hydrogen-bond acceptors (Lipinski definition) is 4. The number of methoxy groups -OCH3 is 1. The van der Waals surface area contributed by atoms with Crippen molar-refractivity contribution in [2.45, 2.75) is 0 Å². The summed E-state index contributed by atoms with van der Waals surface area (Å²) in [6.45, 7) is 0. The highest BCUT2D eigenvalue weighted by atomic mass is 32.1. The van der Waals surface area contributed by atoms with Crippen LogP contribution in [0.1, 0.15) is 0 Å². The molecule has 0 saturated heterocycles. The summed E-state index contributed by atoms with van der Waals surface area (Å²) in [7, 11) is 1.74. The van der Waals surface area contributed by atoms with Crippen LogP contribution in [-0.4, -0.2) is 16.2 Å². The van der Waals surface area contributed by atoms with Crippen molar-refractivity contribution in [1.29, 1.82) is 0 Å². The van der Waals surface area contributed by atoms with E-state index in [1.54, 1.807) is 7.11 Å². The van der Waals surface area contributed by atoms with E-state index >= 15 is 0 Å². The van der Waals surface area contributed by atoms with Crippen molar-refractivity contribution in [1.82, 2.24) is 9.13 Å². The van der Waals surface area contributed by atoms with Gasteiger partial charge >= 0.3 is 0 Å². The van der Waals surface area contributed by atoms with E-state index in [2.05, 4.69) is 202 Å². The van der Waals surface area contributed by atoms with Crippen LogP contribution in [0.5, 0.6) is 5.75 Å². The van der Waals surface area contributed by atoms with Crippen LogP contribution in [0.3, 0.4) is 0 Å². The lowest BCUT2D eigenvalue weighted by molar-refractivity contribution is 0.415. The fourth-order valence-electron chi connectivity index (χ4n) is 9.79. The normalized spacial score (nSPS) is 12.0. The molecule has 0 fully saturated rings. The zero-order valence-electron chi connectivity index (χ0n) is 33.0. The first-order valence-corrected chi connectivity index (χ1v) is 22.2. The summed E-state index contributed by atoms with van der Waals surface area (Å²) in [5, 5.41) is 9.93. The summed E-state index contributed by atoms with van der Waals surface area (Å²) in [4.78, 5) is 2.45. The van der Waals surface area contributed by atoms with Crippen LogP contribution in [0, 0.1) is 0 Å². The predicted molar refractivity (Wildman–Crippen MR) is 262 cm³/mol. The van der Waals surface area contributed by atoms with E-state index in [0.29, 0.717) is 0 Å². The van der Waals surface area contributed by atoms with E-state index < -0.39 is 0 Å². The Bertz CT molecular complexity index is 3670. The van der Waals surface area contributed by atoms with Gasteiger partial charge in [-0.25, -0.2) is 0 Å². The van der Waals surface area contributed by atoms with Crippen molar-refractivity contribution in [2.75, 3.05) is 12.0 Å².